The first kappa shape index (κ1) is 19.1. The molecule has 0 radical (unpaired) electrons. The van der Waals surface area contributed by atoms with E-state index in [2.05, 4.69) is 6.07 Å². The molecule has 0 heterocycles. The van der Waals surface area contributed by atoms with Crippen LogP contribution in [0, 0.1) is 12.3 Å². The van der Waals surface area contributed by atoms with Crippen LogP contribution in [0.3, 0.4) is 0 Å². The summed E-state index contributed by atoms with van der Waals surface area (Å²) >= 11 is 0. The van der Waals surface area contributed by atoms with Crippen molar-refractivity contribution in [3.63, 3.8) is 0 Å². The second-order valence-corrected chi connectivity index (χ2v) is 5.00. The van der Waals surface area contributed by atoms with Gasteiger partial charge in [-0.05, 0) is 18.4 Å². The minimum Gasteiger partial charge on any atom is -0.606 e. The first-order chi connectivity index (χ1) is 10.6. The summed E-state index contributed by atoms with van der Waals surface area (Å²) < 4.78 is 0. The number of rotatable bonds is 6. The normalized spacial score (nSPS) is 12.1. The molecule has 4 heteroatoms. The van der Waals surface area contributed by atoms with Crippen LogP contribution in [0.15, 0.2) is 60.2 Å². The van der Waals surface area contributed by atoms with Gasteiger partial charge >= 0.3 is 21.1 Å². The van der Waals surface area contributed by atoms with Crippen LogP contribution in [0.4, 0.5) is 0 Å². The van der Waals surface area contributed by atoms with Crippen molar-refractivity contribution in [1.29, 1.82) is 0 Å². The summed E-state index contributed by atoms with van der Waals surface area (Å²) in [6, 6.07) is 18.7. The predicted molar refractivity (Wildman–Crippen MR) is 83.5 cm³/mol. The van der Waals surface area contributed by atoms with Crippen LogP contribution in [0.1, 0.15) is 35.2 Å². The van der Waals surface area contributed by atoms with E-state index in [1.54, 1.807) is 24.3 Å². The molecule has 0 spiro atoms. The summed E-state index contributed by atoms with van der Waals surface area (Å²) in [5.74, 6) is -0.963. The van der Waals surface area contributed by atoms with E-state index in [1.165, 1.54) is 6.92 Å². The number of aliphatic hydroxyl groups excluding tert-OH is 1. The van der Waals surface area contributed by atoms with E-state index < -0.39 is 5.92 Å². The van der Waals surface area contributed by atoms with Crippen LogP contribution >= 0.6 is 0 Å². The fourth-order valence-electron chi connectivity index (χ4n) is 2.33. The van der Waals surface area contributed by atoms with E-state index in [0.717, 1.165) is 5.56 Å². The van der Waals surface area contributed by atoms with E-state index in [0.29, 0.717) is 5.56 Å². The fraction of sp³-hybridized carbons (Fsp3) is 0.158. The van der Waals surface area contributed by atoms with E-state index in [9.17, 15) is 14.7 Å². The number of carbonyl (C=O) groups excluding carboxylic acids is 2. The smallest absolute Gasteiger partial charge is 0.606 e. The Hall–Kier alpha value is -1.99. The quantitative estimate of drug-likeness (QED) is 0.293. The number of Topliss-reactive ketones (excluding diaryl/α,β-unsaturated/α-hetero) is 2. The van der Waals surface area contributed by atoms with Crippen molar-refractivity contribution < 1.29 is 35.8 Å². The summed E-state index contributed by atoms with van der Waals surface area (Å²) in [7, 11) is 0. The zero-order valence-electron chi connectivity index (χ0n) is 12.6. The zero-order valence-corrected chi connectivity index (χ0v) is 14.8. The number of allylic oxidation sites excluding steroid dienone is 1. The van der Waals surface area contributed by atoms with E-state index in [4.69, 9.17) is 0 Å². The Balaban J connectivity index is 0.00000264. The largest absolute Gasteiger partial charge is 2.00 e. The number of carbonyl (C=O) groups is 2. The number of hydrogen-bond donors (Lipinski definition) is 1. The van der Waals surface area contributed by atoms with Gasteiger partial charge in [-0.2, -0.15) is 0 Å². The summed E-state index contributed by atoms with van der Waals surface area (Å²) in [6.07, 6.45) is 2.13. The van der Waals surface area contributed by atoms with Crippen molar-refractivity contribution in [3.05, 3.63) is 83.6 Å². The molecular formula is C19H16O3Pt. The summed E-state index contributed by atoms with van der Waals surface area (Å²) in [4.78, 5) is 24.1. The van der Waals surface area contributed by atoms with Crippen LogP contribution in [-0.4, -0.2) is 16.7 Å². The first-order valence-corrected chi connectivity index (χ1v) is 6.96. The number of aliphatic hydroxyl groups is 1. The van der Waals surface area contributed by atoms with Crippen molar-refractivity contribution in [2.75, 3.05) is 0 Å². The van der Waals surface area contributed by atoms with Gasteiger partial charge in [0.2, 0.25) is 0 Å². The van der Waals surface area contributed by atoms with E-state index >= 15 is 0 Å². The third-order valence-corrected chi connectivity index (χ3v) is 3.36. The minimum atomic E-state index is -0.523. The number of ketones is 2. The molecule has 23 heavy (non-hydrogen) atoms. The Bertz CT molecular complexity index is 678. The van der Waals surface area contributed by atoms with Crippen LogP contribution < -0.4 is 0 Å². The maximum atomic E-state index is 12.6. The Labute approximate surface area is 150 Å². The molecule has 0 saturated carbocycles. The third kappa shape index (κ3) is 5.00. The number of hydrogen-bond acceptors (Lipinski definition) is 3. The van der Waals surface area contributed by atoms with Crippen LogP contribution in [0.2, 0.25) is 0 Å². The maximum absolute atomic E-state index is 12.6. The van der Waals surface area contributed by atoms with Gasteiger partial charge in [0.1, 0.15) is 5.78 Å². The summed E-state index contributed by atoms with van der Waals surface area (Å²) in [5, 5.41) is 9.47. The SMILES string of the molecule is CC(=O)CC(C(=[C-]O)C(=O)c1[c-]cccc1)c1ccccc1.[Pt+2]. The molecule has 1 unspecified atom stereocenters. The van der Waals surface area contributed by atoms with Gasteiger partial charge in [-0.25, -0.2) is 0 Å². The van der Waals surface area contributed by atoms with Gasteiger partial charge in [0, 0.05) is 6.42 Å². The summed E-state index contributed by atoms with van der Waals surface area (Å²) in [6.45, 7) is 1.46. The fourth-order valence-corrected chi connectivity index (χ4v) is 2.33. The molecule has 0 aliphatic heterocycles. The van der Waals surface area contributed by atoms with Crippen molar-refractivity contribution in [3.8, 4) is 0 Å². The van der Waals surface area contributed by atoms with Gasteiger partial charge in [0.05, 0.1) is 5.78 Å². The van der Waals surface area contributed by atoms with Crippen LogP contribution in [0.25, 0.3) is 0 Å². The molecule has 120 valence electrons. The van der Waals surface area contributed by atoms with Gasteiger partial charge in [0.25, 0.3) is 0 Å². The molecule has 0 aliphatic rings. The second-order valence-electron chi connectivity index (χ2n) is 5.00. The Kier molecular flexibility index (Phi) is 7.64. The van der Waals surface area contributed by atoms with Crippen LogP contribution in [0.5, 0.6) is 0 Å². The van der Waals surface area contributed by atoms with Crippen LogP contribution in [-0.2, 0) is 25.9 Å². The molecule has 0 aromatic heterocycles. The molecule has 1 atom stereocenters. The second kappa shape index (κ2) is 9.22. The molecule has 2 aromatic rings. The maximum Gasteiger partial charge on any atom is 2.00 e. The Morgan fingerprint density at radius 1 is 1.13 bits per heavy atom. The van der Waals surface area contributed by atoms with E-state index in [-0.39, 0.29) is 44.6 Å². The van der Waals surface area contributed by atoms with Gasteiger partial charge in [-0.1, -0.05) is 42.2 Å². The van der Waals surface area contributed by atoms with Crippen molar-refractivity contribution >= 4 is 11.6 Å². The molecule has 0 saturated heterocycles. The molecule has 3 nitrogen and oxygen atoms in total. The first-order valence-electron chi connectivity index (χ1n) is 6.96. The van der Waals surface area contributed by atoms with Crippen molar-refractivity contribution in [2.45, 2.75) is 19.3 Å². The molecular weight excluding hydrogens is 471 g/mol. The molecule has 2 aromatic carbocycles. The van der Waals surface area contributed by atoms with Crippen molar-refractivity contribution in [2.24, 2.45) is 0 Å². The third-order valence-electron chi connectivity index (χ3n) is 3.36. The summed E-state index contributed by atoms with van der Waals surface area (Å²) in [5.41, 5.74) is 1.20. The van der Waals surface area contributed by atoms with E-state index in [1.807, 2.05) is 36.6 Å². The monoisotopic (exact) mass is 487 g/mol. The Morgan fingerprint density at radius 3 is 2.30 bits per heavy atom. The molecule has 0 fully saturated rings. The number of benzene rings is 2. The van der Waals surface area contributed by atoms with Gasteiger partial charge < -0.3 is 9.90 Å². The molecule has 1 N–H and O–H groups in total. The van der Waals surface area contributed by atoms with Gasteiger partial charge in [-0.3, -0.25) is 4.79 Å². The average Bonchev–Trinajstić information content (AvgIpc) is 2.55. The zero-order chi connectivity index (χ0) is 15.9. The predicted octanol–water partition coefficient (Wildman–Crippen LogP) is 3.67. The molecule has 0 amide bonds. The van der Waals surface area contributed by atoms with Gasteiger partial charge in [0.15, 0.2) is 0 Å². The molecule has 2 rings (SSSR count). The minimum absolute atomic E-state index is 0. The topological polar surface area (TPSA) is 54.4 Å². The molecule has 0 bridgehead atoms. The Morgan fingerprint density at radius 2 is 1.78 bits per heavy atom. The van der Waals surface area contributed by atoms with Crippen molar-refractivity contribution in [1.82, 2.24) is 0 Å². The average molecular weight is 487 g/mol. The standard InChI is InChI=1S/C19H16O3.Pt/c1-14(21)12-17(15-8-4-2-5-9-15)18(13-20)19(22)16-10-6-3-7-11-16;/h2-10,17,20H,12H2,1H3;/q-2;+2. The molecule has 0 aliphatic carbocycles. The van der Waals surface area contributed by atoms with Gasteiger partial charge in [-0.15, -0.1) is 35.9 Å².